The average molecular weight is 385 g/mol. The van der Waals surface area contributed by atoms with E-state index in [1.54, 1.807) is 0 Å². The highest BCUT2D eigenvalue weighted by Crippen LogP contribution is 2.18. The number of non-ortho nitro benzene ring substituents is 1. The number of piperidine rings is 1. The van der Waals surface area contributed by atoms with Crippen LogP contribution in [0.1, 0.15) is 19.3 Å². The molecule has 2 rings (SSSR count). The largest absolute Gasteiger partial charge is 0.481 e. The number of hydrogen-bond donors (Lipinski definition) is 2. The van der Waals surface area contributed by atoms with E-state index in [0.29, 0.717) is 25.9 Å². The Morgan fingerprint density at radius 3 is 2.31 bits per heavy atom. The third-order valence-corrected chi connectivity index (χ3v) is 5.66. The van der Waals surface area contributed by atoms with Crippen LogP contribution >= 0.6 is 0 Å². The predicted octanol–water partition coefficient (Wildman–Crippen LogP) is 0.586. The third kappa shape index (κ3) is 4.99. The molecular formula is C15H19N3O7S. The first-order chi connectivity index (χ1) is 12.2. The number of amides is 1. The third-order valence-electron chi connectivity index (χ3n) is 4.19. The average Bonchev–Trinajstić information content (AvgIpc) is 2.61. The Hall–Kier alpha value is -2.53. The molecule has 142 valence electrons. The van der Waals surface area contributed by atoms with Gasteiger partial charge in [-0.05, 0) is 25.0 Å². The van der Waals surface area contributed by atoms with Gasteiger partial charge in [0.1, 0.15) is 0 Å². The number of rotatable bonds is 7. The molecule has 1 aliphatic heterocycles. The zero-order valence-electron chi connectivity index (χ0n) is 13.8. The molecule has 1 heterocycles. The highest BCUT2D eigenvalue weighted by molar-refractivity contribution is 7.89. The number of carbonyl (C=O) groups excluding carboxylic acids is 1. The van der Waals surface area contributed by atoms with Gasteiger partial charge in [0.05, 0.1) is 15.7 Å². The quantitative estimate of drug-likeness (QED) is 0.515. The minimum Gasteiger partial charge on any atom is -0.481 e. The Morgan fingerprint density at radius 1 is 1.23 bits per heavy atom. The number of nitro benzene ring substituents is 1. The lowest BCUT2D eigenvalue weighted by atomic mass is 9.97. The lowest BCUT2D eigenvalue weighted by Gasteiger charge is -2.30. The fourth-order valence-corrected chi connectivity index (χ4v) is 3.69. The summed E-state index contributed by atoms with van der Waals surface area (Å²) in [6.07, 6.45) is 0.717. The van der Waals surface area contributed by atoms with Gasteiger partial charge in [-0.1, -0.05) is 0 Å². The van der Waals surface area contributed by atoms with Gasteiger partial charge in [0.25, 0.3) is 5.69 Å². The van der Waals surface area contributed by atoms with Crippen molar-refractivity contribution in [3.8, 4) is 0 Å². The maximum absolute atomic E-state index is 12.1. The van der Waals surface area contributed by atoms with Crippen LogP contribution in [0.3, 0.4) is 0 Å². The molecule has 26 heavy (non-hydrogen) atoms. The van der Waals surface area contributed by atoms with Crippen molar-refractivity contribution in [2.24, 2.45) is 5.92 Å². The van der Waals surface area contributed by atoms with Crippen LogP contribution in [0.4, 0.5) is 5.69 Å². The number of carbonyl (C=O) groups is 2. The second-order valence-corrected chi connectivity index (χ2v) is 7.66. The second-order valence-electron chi connectivity index (χ2n) is 5.89. The molecule has 0 bridgehead atoms. The summed E-state index contributed by atoms with van der Waals surface area (Å²) in [6, 6.07) is 4.43. The van der Waals surface area contributed by atoms with Crippen molar-refractivity contribution < 1.29 is 28.0 Å². The first-order valence-corrected chi connectivity index (χ1v) is 9.44. The van der Waals surface area contributed by atoms with Gasteiger partial charge in [-0.3, -0.25) is 19.7 Å². The Kier molecular flexibility index (Phi) is 6.27. The number of nitrogens with one attached hydrogen (secondary N) is 1. The summed E-state index contributed by atoms with van der Waals surface area (Å²) in [5.74, 6) is -1.56. The number of benzene rings is 1. The smallest absolute Gasteiger partial charge is 0.306 e. The second kappa shape index (κ2) is 8.23. The normalized spacial score (nSPS) is 15.6. The van der Waals surface area contributed by atoms with E-state index in [0.717, 1.165) is 24.3 Å². The van der Waals surface area contributed by atoms with E-state index >= 15 is 0 Å². The van der Waals surface area contributed by atoms with E-state index in [4.69, 9.17) is 5.11 Å². The van der Waals surface area contributed by atoms with Gasteiger partial charge in [0, 0.05) is 38.2 Å². The molecule has 0 spiro atoms. The summed E-state index contributed by atoms with van der Waals surface area (Å²) in [4.78, 5) is 34.3. The monoisotopic (exact) mass is 385 g/mol. The van der Waals surface area contributed by atoms with E-state index in [9.17, 15) is 28.1 Å². The topological polar surface area (TPSA) is 147 Å². The summed E-state index contributed by atoms with van der Waals surface area (Å²) < 4.78 is 26.5. The maximum atomic E-state index is 12.1. The van der Waals surface area contributed by atoms with Crippen molar-refractivity contribution in [2.75, 3.05) is 19.6 Å². The van der Waals surface area contributed by atoms with Crippen LogP contribution in [0.15, 0.2) is 29.2 Å². The van der Waals surface area contributed by atoms with Gasteiger partial charge in [0.2, 0.25) is 15.9 Å². The number of sulfonamides is 1. The molecule has 1 aromatic rings. The van der Waals surface area contributed by atoms with Crippen molar-refractivity contribution in [3.05, 3.63) is 34.4 Å². The van der Waals surface area contributed by atoms with Gasteiger partial charge in [-0.2, -0.15) is 0 Å². The molecule has 0 aliphatic carbocycles. The Bertz CT molecular complexity index is 784. The standard InChI is InChI=1S/C15H19N3O7S/c19-14(17-9-6-11(7-10-17)15(20)21)5-8-16-26(24,25)13-3-1-12(2-4-13)18(22)23/h1-4,11,16H,5-10H2,(H,20,21). The number of carboxylic acid groups (broad SMARTS) is 1. The fourth-order valence-electron chi connectivity index (χ4n) is 2.66. The number of nitrogens with zero attached hydrogens (tertiary/aromatic N) is 2. The number of likely N-dealkylation sites (tertiary alicyclic amines) is 1. The Balaban J connectivity index is 1.83. The molecule has 1 aliphatic rings. The summed E-state index contributed by atoms with van der Waals surface area (Å²) in [5.41, 5.74) is -0.219. The molecule has 0 aromatic heterocycles. The van der Waals surface area contributed by atoms with E-state index in [-0.39, 0.29) is 29.5 Å². The van der Waals surface area contributed by atoms with Crippen LogP contribution in [0.5, 0.6) is 0 Å². The number of hydrogen-bond acceptors (Lipinski definition) is 6. The Labute approximate surface area is 150 Å². The van der Waals surface area contributed by atoms with Crippen LogP contribution < -0.4 is 4.72 Å². The summed E-state index contributed by atoms with van der Waals surface area (Å²) in [7, 11) is -3.87. The minimum absolute atomic E-state index is 0.0516. The van der Waals surface area contributed by atoms with Gasteiger partial charge in [-0.15, -0.1) is 0 Å². The van der Waals surface area contributed by atoms with Crippen molar-refractivity contribution in [2.45, 2.75) is 24.2 Å². The van der Waals surface area contributed by atoms with Crippen LogP contribution in [0.25, 0.3) is 0 Å². The van der Waals surface area contributed by atoms with Crippen LogP contribution in [-0.4, -0.2) is 54.9 Å². The van der Waals surface area contributed by atoms with Crippen molar-refractivity contribution >= 4 is 27.6 Å². The van der Waals surface area contributed by atoms with Crippen LogP contribution in [0.2, 0.25) is 0 Å². The SMILES string of the molecule is O=C(O)C1CCN(C(=O)CCNS(=O)(=O)c2ccc([N+](=O)[O-])cc2)CC1. The molecule has 2 N–H and O–H groups in total. The number of nitro groups is 1. The first kappa shape index (κ1) is 19.8. The molecule has 1 fully saturated rings. The van der Waals surface area contributed by atoms with Crippen LogP contribution in [-0.2, 0) is 19.6 Å². The van der Waals surface area contributed by atoms with Crippen molar-refractivity contribution in [3.63, 3.8) is 0 Å². The van der Waals surface area contributed by atoms with E-state index < -0.39 is 26.8 Å². The highest BCUT2D eigenvalue weighted by Gasteiger charge is 2.27. The van der Waals surface area contributed by atoms with Gasteiger partial charge >= 0.3 is 5.97 Å². The van der Waals surface area contributed by atoms with E-state index in [1.807, 2.05) is 0 Å². The zero-order chi connectivity index (χ0) is 19.3. The lowest BCUT2D eigenvalue weighted by Crippen LogP contribution is -2.41. The first-order valence-electron chi connectivity index (χ1n) is 7.95. The molecule has 11 heteroatoms. The molecule has 0 radical (unpaired) electrons. The highest BCUT2D eigenvalue weighted by atomic mass is 32.2. The zero-order valence-corrected chi connectivity index (χ0v) is 14.6. The molecular weight excluding hydrogens is 366 g/mol. The fraction of sp³-hybridized carbons (Fsp3) is 0.467. The number of carboxylic acids is 1. The van der Waals surface area contributed by atoms with Gasteiger partial charge in [-0.25, -0.2) is 13.1 Å². The molecule has 10 nitrogen and oxygen atoms in total. The summed E-state index contributed by atoms with van der Waals surface area (Å²) in [5, 5.41) is 19.5. The van der Waals surface area contributed by atoms with Gasteiger partial charge < -0.3 is 10.0 Å². The molecule has 1 amide bonds. The van der Waals surface area contributed by atoms with E-state index in [1.165, 1.54) is 4.90 Å². The summed E-state index contributed by atoms with van der Waals surface area (Å²) in [6.45, 7) is 0.562. The maximum Gasteiger partial charge on any atom is 0.306 e. The van der Waals surface area contributed by atoms with Gasteiger partial charge in [0.15, 0.2) is 0 Å². The summed E-state index contributed by atoms with van der Waals surface area (Å²) >= 11 is 0. The molecule has 0 unspecified atom stereocenters. The minimum atomic E-state index is -3.87. The molecule has 0 saturated carbocycles. The van der Waals surface area contributed by atoms with E-state index in [2.05, 4.69) is 4.72 Å². The Morgan fingerprint density at radius 2 is 1.81 bits per heavy atom. The lowest BCUT2D eigenvalue weighted by molar-refractivity contribution is -0.384. The molecule has 1 saturated heterocycles. The van der Waals surface area contributed by atoms with Crippen LogP contribution in [0, 0.1) is 16.0 Å². The predicted molar refractivity (Wildman–Crippen MR) is 89.8 cm³/mol. The molecule has 1 aromatic carbocycles. The van der Waals surface area contributed by atoms with Crippen molar-refractivity contribution in [1.29, 1.82) is 0 Å². The number of aliphatic carboxylic acids is 1. The van der Waals surface area contributed by atoms with Crippen molar-refractivity contribution in [1.82, 2.24) is 9.62 Å². The molecule has 0 atom stereocenters.